The van der Waals surface area contributed by atoms with Crippen molar-refractivity contribution in [3.63, 3.8) is 0 Å². The fourth-order valence-electron chi connectivity index (χ4n) is 3.19. The molecule has 0 aliphatic rings. The van der Waals surface area contributed by atoms with Crippen LogP contribution >= 0.6 is 27.5 Å². The van der Waals surface area contributed by atoms with Gasteiger partial charge in [-0.25, -0.2) is 4.98 Å². The van der Waals surface area contributed by atoms with Crippen LogP contribution in [0.4, 0.5) is 0 Å². The monoisotopic (exact) mass is 402 g/mol. The van der Waals surface area contributed by atoms with E-state index in [0.717, 1.165) is 10.1 Å². The maximum absolute atomic E-state index is 6.30. The number of aromatic nitrogens is 2. The van der Waals surface area contributed by atoms with Gasteiger partial charge in [-0.2, -0.15) is 0 Å². The first-order chi connectivity index (χ1) is 11.0. The number of alkyl halides is 1. The van der Waals surface area contributed by atoms with Gasteiger partial charge in [0.2, 0.25) is 0 Å². The van der Waals surface area contributed by atoms with E-state index in [1.807, 2.05) is 6.20 Å². The Kier molecular flexibility index (Phi) is 3.52. The van der Waals surface area contributed by atoms with Crippen LogP contribution in [0.3, 0.4) is 0 Å². The van der Waals surface area contributed by atoms with Crippen LogP contribution in [0.2, 0.25) is 13.1 Å². The smallest absolute Gasteiger partial charge is 0.145 e. The molecule has 0 fully saturated rings. The van der Waals surface area contributed by atoms with Crippen molar-refractivity contribution in [1.29, 1.82) is 0 Å². The van der Waals surface area contributed by atoms with E-state index in [4.69, 9.17) is 16.6 Å². The minimum absolute atomic E-state index is 0.680. The molecule has 0 saturated carbocycles. The third-order valence-electron chi connectivity index (χ3n) is 4.46. The summed E-state index contributed by atoms with van der Waals surface area (Å²) in [5.74, 6) is 0. The second kappa shape index (κ2) is 5.33. The summed E-state index contributed by atoms with van der Waals surface area (Å²) >= 11 is 10.0. The summed E-state index contributed by atoms with van der Waals surface area (Å²) in [4.78, 5) is 4.77. The number of rotatable bonds is 2. The lowest BCUT2D eigenvalue weighted by atomic mass is 10.1. The summed E-state index contributed by atoms with van der Waals surface area (Å²) in [5.41, 5.74) is 2.87. The molecule has 23 heavy (non-hydrogen) atoms. The largest absolute Gasteiger partial charge is 0.299 e. The molecule has 4 rings (SSSR count). The molecule has 2 nitrogen and oxygen atoms in total. The molecule has 2 aromatic heterocycles. The van der Waals surface area contributed by atoms with Crippen LogP contribution in [-0.2, 0) is 0 Å². The second-order valence-corrected chi connectivity index (χ2v) is 12.7. The zero-order valence-corrected chi connectivity index (χ0v) is 16.3. The Morgan fingerprint density at radius 3 is 2.48 bits per heavy atom. The van der Waals surface area contributed by atoms with E-state index < -0.39 is 8.07 Å². The molecule has 2 aromatic carbocycles. The molecule has 0 atom stereocenters. The molecule has 0 radical (unpaired) electrons. The van der Waals surface area contributed by atoms with E-state index >= 15 is 0 Å². The molecule has 0 bridgehead atoms. The van der Waals surface area contributed by atoms with Crippen molar-refractivity contribution in [1.82, 2.24) is 9.38 Å². The highest BCUT2D eigenvalue weighted by atomic mass is 79.9. The highest BCUT2D eigenvalue weighted by molar-refractivity contribution is 9.10. The number of pyridine rings is 1. The Hall–Kier alpha value is -1.36. The average Bonchev–Trinajstić information content (AvgIpc) is 3.01. The van der Waals surface area contributed by atoms with Crippen molar-refractivity contribution in [3.05, 3.63) is 53.1 Å². The van der Waals surface area contributed by atoms with Gasteiger partial charge in [-0.15, -0.1) is 11.6 Å². The molecule has 0 aliphatic carbocycles. The van der Waals surface area contributed by atoms with Crippen molar-refractivity contribution in [2.24, 2.45) is 0 Å². The topological polar surface area (TPSA) is 17.3 Å². The Morgan fingerprint density at radius 2 is 1.74 bits per heavy atom. The van der Waals surface area contributed by atoms with E-state index in [1.54, 1.807) is 0 Å². The van der Waals surface area contributed by atoms with E-state index in [-0.39, 0.29) is 0 Å². The maximum Gasteiger partial charge on any atom is 0.145 e. The van der Waals surface area contributed by atoms with E-state index in [1.165, 1.54) is 27.0 Å². The standard InChI is InChI=1S/C18H16BrClN2Si/c1-23(2,11-20)16-10-21-18-14-7-4-3-6-12(14)13-8-5-9-15(19)17(13)22(16)18/h3-10H,11H2,1-2H3. The predicted molar refractivity (Wildman–Crippen MR) is 106 cm³/mol. The molecule has 4 aromatic rings. The molecule has 0 aliphatic heterocycles. The lowest BCUT2D eigenvalue weighted by molar-refractivity contribution is 1.29. The fraction of sp³-hybridized carbons (Fsp3) is 0.167. The summed E-state index contributed by atoms with van der Waals surface area (Å²) in [6, 6.07) is 14.8. The predicted octanol–water partition coefficient (Wildman–Crippen LogP) is 5.10. The number of fused-ring (bicyclic) bond motifs is 6. The van der Waals surface area contributed by atoms with E-state index in [0.29, 0.717) is 5.50 Å². The number of halogens is 2. The van der Waals surface area contributed by atoms with Gasteiger partial charge in [0.05, 0.1) is 5.52 Å². The Labute approximate surface area is 149 Å². The van der Waals surface area contributed by atoms with Crippen molar-refractivity contribution in [2.75, 3.05) is 5.50 Å². The Balaban J connectivity index is 2.34. The maximum atomic E-state index is 6.30. The first-order valence-electron chi connectivity index (χ1n) is 7.57. The molecule has 116 valence electrons. The number of hydrogen-bond donors (Lipinski definition) is 0. The zero-order chi connectivity index (χ0) is 16.2. The van der Waals surface area contributed by atoms with Gasteiger partial charge < -0.3 is 0 Å². The quantitative estimate of drug-likeness (QED) is 0.259. The van der Waals surface area contributed by atoms with Crippen LogP contribution in [0.5, 0.6) is 0 Å². The Morgan fingerprint density at radius 1 is 1.04 bits per heavy atom. The van der Waals surface area contributed by atoms with Crippen molar-refractivity contribution < 1.29 is 0 Å². The number of hydrogen-bond acceptors (Lipinski definition) is 1. The van der Waals surface area contributed by atoms with Gasteiger partial charge in [-0.1, -0.05) is 49.5 Å². The van der Waals surface area contributed by atoms with E-state index in [9.17, 15) is 0 Å². The van der Waals surface area contributed by atoms with Crippen molar-refractivity contribution in [2.45, 2.75) is 13.1 Å². The van der Waals surface area contributed by atoms with Gasteiger partial charge in [0, 0.05) is 32.3 Å². The third kappa shape index (κ3) is 2.16. The number of imidazole rings is 1. The minimum atomic E-state index is -1.75. The van der Waals surface area contributed by atoms with E-state index in [2.05, 4.69) is 75.9 Å². The first kappa shape index (κ1) is 15.2. The molecular formula is C18H16BrClN2Si. The second-order valence-electron chi connectivity index (χ2n) is 6.50. The number of nitrogens with zero attached hydrogens (tertiary/aromatic N) is 2. The zero-order valence-electron chi connectivity index (χ0n) is 13.0. The van der Waals surface area contributed by atoms with Gasteiger partial charge in [-0.05, 0) is 27.4 Å². The Bertz CT molecular complexity index is 1060. The van der Waals surface area contributed by atoms with Crippen LogP contribution in [0.1, 0.15) is 0 Å². The molecule has 5 heteroatoms. The van der Waals surface area contributed by atoms with Crippen LogP contribution < -0.4 is 5.32 Å². The summed E-state index contributed by atoms with van der Waals surface area (Å²) in [7, 11) is -1.75. The molecule has 2 heterocycles. The summed E-state index contributed by atoms with van der Waals surface area (Å²) in [6.07, 6.45) is 2.02. The lowest BCUT2D eigenvalue weighted by Gasteiger charge is -2.20. The molecule has 0 unspecified atom stereocenters. The molecule has 0 spiro atoms. The summed E-state index contributed by atoms with van der Waals surface area (Å²) in [5, 5.41) is 4.92. The number of para-hydroxylation sites is 1. The van der Waals surface area contributed by atoms with Gasteiger partial charge in [0.25, 0.3) is 0 Å². The highest BCUT2D eigenvalue weighted by Gasteiger charge is 2.28. The highest BCUT2D eigenvalue weighted by Crippen LogP contribution is 2.32. The van der Waals surface area contributed by atoms with Crippen molar-refractivity contribution >= 4 is 68.2 Å². The molecule has 0 saturated heterocycles. The molecular weight excluding hydrogens is 388 g/mol. The molecule has 0 amide bonds. The van der Waals surface area contributed by atoms with Gasteiger partial charge in [-0.3, -0.25) is 4.40 Å². The van der Waals surface area contributed by atoms with Gasteiger partial charge in [0.15, 0.2) is 0 Å². The number of benzene rings is 2. The lowest BCUT2D eigenvalue weighted by Crippen LogP contribution is -2.46. The van der Waals surface area contributed by atoms with Crippen molar-refractivity contribution in [3.8, 4) is 0 Å². The van der Waals surface area contributed by atoms with Crippen LogP contribution in [0.25, 0.3) is 27.3 Å². The fourth-order valence-corrected chi connectivity index (χ4v) is 5.52. The average molecular weight is 404 g/mol. The van der Waals surface area contributed by atoms with Crippen LogP contribution in [0, 0.1) is 0 Å². The van der Waals surface area contributed by atoms with Crippen LogP contribution in [-0.4, -0.2) is 23.0 Å². The summed E-state index contributed by atoms with van der Waals surface area (Å²) < 4.78 is 3.40. The third-order valence-corrected chi connectivity index (χ3v) is 9.51. The normalized spacial score (nSPS) is 12.5. The van der Waals surface area contributed by atoms with Gasteiger partial charge >= 0.3 is 0 Å². The van der Waals surface area contributed by atoms with Gasteiger partial charge in [0.1, 0.15) is 13.7 Å². The molecule has 0 N–H and O–H groups in total. The van der Waals surface area contributed by atoms with Crippen LogP contribution in [0.15, 0.2) is 53.1 Å². The SMILES string of the molecule is C[Si](C)(CCl)c1cnc2c3ccccc3c3cccc(Br)c3n12. The first-order valence-corrected chi connectivity index (χ1v) is 12.1. The minimum Gasteiger partial charge on any atom is -0.299 e. The summed E-state index contributed by atoms with van der Waals surface area (Å²) in [6.45, 7) is 4.59.